The van der Waals surface area contributed by atoms with Crippen molar-refractivity contribution in [3.8, 4) is 0 Å². The van der Waals surface area contributed by atoms with E-state index in [0.717, 1.165) is 16.6 Å². The Bertz CT molecular complexity index is 762. The van der Waals surface area contributed by atoms with E-state index in [0.29, 0.717) is 19.5 Å². The van der Waals surface area contributed by atoms with Crippen molar-refractivity contribution in [3.63, 3.8) is 0 Å². The van der Waals surface area contributed by atoms with Crippen LogP contribution in [0.5, 0.6) is 0 Å². The van der Waals surface area contributed by atoms with Crippen LogP contribution in [0.1, 0.15) is 19.0 Å². The molecule has 6 nitrogen and oxygen atoms in total. The number of aliphatic carboxylic acids is 1. The highest BCUT2D eigenvalue weighted by Crippen LogP contribution is 2.21. The molecule has 0 radical (unpaired) electrons. The van der Waals surface area contributed by atoms with Gasteiger partial charge in [-0.2, -0.15) is 0 Å². The van der Waals surface area contributed by atoms with E-state index in [1.165, 1.54) is 0 Å². The molecule has 1 aromatic carbocycles. The number of aromatic nitrogens is 1. The van der Waals surface area contributed by atoms with E-state index in [1.54, 1.807) is 4.90 Å². The fourth-order valence-corrected chi connectivity index (χ4v) is 3.18. The van der Waals surface area contributed by atoms with Gasteiger partial charge in [-0.15, -0.1) is 0 Å². The maximum atomic E-state index is 12.3. The predicted octanol–water partition coefficient (Wildman–Crippen LogP) is 2.49. The van der Waals surface area contributed by atoms with Crippen molar-refractivity contribution in [1.29, 1.82) is 0 Å². The number of nitrogens with zero attached hydrogens (tertiary/aromatic N) is 2. The van der Waals surface area contributed by atoms with Crippen molar-refractivity contribution >= 4 is 22.9 Å². The number of fused-ring (bicyclic) bond motifs is 1. The molecule has 126 valence electrons. The maximum Gasteiger partial charge on any atom is 0.317 e. The van der Waals surface area contributed by atoms with Crippen LogP contribution in [-0.2, 0) is 11.3 Å². The number of urea groups is 1. The molecule has 3 rings (SSSR count). The minimum absolute atomic E-state index is 0.185. The normalized spacial score (nSPS) is 20.8. The van der Waals surface area contributed by atoms with E-state index in [-0.39, 0.29) is 18.5 Å². The zero-order valence-electron chi connectivity index (χ0n) is 13.6. The average Bonchev–Trinajstić information content (AvgIpc) is 2.58. The Labute approximate surface area is 140 Å². The zero-order valence-corrected chi connectivity index (χ0v) is 13.6. The van der Waals surface area contributed by atoms with Crippen LogP contribution in [0.25, 0.3) is 10.9 Å². The molecule has 2 unspecified atom stereocenters. The van der Waals surface area contributed by atoms with E-state index in [1.807, 2.05) is 43.3 Å². The van der Waals surface area contributed by atoms with Crippen LogP contribution in [0.4, 0.5) is 4.79 Å². The van der Waals surface area contributed by atoms with Gasteiger partial charge in [0, 0.05) is 18.5 Å². The molecule has 2 N–H and O–H groups in total. The van der Waals surface area contributed by atoms with Gasteiger partial charge in [-0.3, -0.25) is 9.78 Å². The molecule has 0 saturated carbocycles. The highest BCUT2D eigenvalue weighted by molar-refractivity contribution is 5.79. The number of carbonyl (C=O) groups is 2. The van der Waals surface area contributed by atoms with Gasteiger partial charge < -0.3 is 15.3 Å². The number of piperidine rings is 1. The standard InChI is InChI=1S/C18H21N3O3/c1-12-8-14(17(22)23)11-21(10-12)18(24)19-9-15-7-6-13-4-2-3-5-16(13)20-15/h2-7,12,14H,8-11H2,1H3,(H,19,24)(H,22,23). The molecule has 2 heterocycles. The summed E-state index contributed by atoms with van der Waals surface area (Å²) < 4.78 is 0. The first-order chi connectivity index (χ1) is 11.5. The van der Waals surface area contributed by atoms with E-state index in [9.17, 15) is 14.7 Å². The Balaban J connectivity index is 1.62. The van der Waals surface area contributed by atoms with Crippen LogP contribution in [-0.4, -0.2) is 40.1 Å². The second-order valence-corrected chi connectivity index (χ2v) is 6.44. The number of carboxylic acid groups (broad SMARTS) is 1. The minimum atomic E-state index is -0.837. The van der Waals surface area contributed by atoms with Gasteiger partial charge in [0.2, 0.25) is 0 Å². The van der Waals surface area contributed by atoms with E-state index in [2.05, 4.69) is 10.3 Å². The van der Waals surface area contributed by atoms with Crippen LogP contribution in [0.3, 0.4) is 0 Å². The third kappa shape index (κ3) is 3.64. The molecule has 24 heavy (non-hydrogen) atoms. The summed E-state index contributed by atoms with van der Waals surface area (Å²) in [6, 6.07) is 11.5. The Morgan fingerprint density at radius 3 is 2.83 bits per heavy atom. The summed E-state index contributed by atoms with van der Waals surface area (Å²) in [6.07, 6.45) is 0.616. The van der Waals surface area contributed by atoms with Crippen LogP contribution in [0.2, 0.25) is 0 Å². The van der Waals surface area contributed by atoms with Crippen LogP contribution in [0, 0.1) is 11.8 Å². The largest absolute Gasteiger partial charge is 0.481 e. The van der Waals surface area contributed by atoms with Gasteiger partial charge in [0.15, 0.2) is 0 Å². The van der Waals surface area contributed by atoms with Crippen molar-refractivity contribution in [3.05, 3.63) is 42.1 Å². The summed E-state index contributed by atoms with van der Waals surface area (Å²) in [4.78, 5) is 29.7. The van der Waals surface area contributed by atoms with Gasteiger partial charge in [-0.1, -0.05) is 31.2 Å². The number of amides is 2. The van der Waals surface area contributed by atoms with Crippen LogP contribution >= 0.6 is 0 Å². The smallest absolute Gasteiger partial charge is 0.317 e. The molecule has 1 saturated heterocycles. The highest BCUT2D eigenvalue weighted by Gasteiger charge is 2.31. The van der Waals surface area contributed by atoms with E-state index >= 15 is 0 Å². The van der Waals surface area contributed by atoms with Crippen molar-refractivity contribution < 1.29 is 14.7 Å². The predicted molar refractivity (Wildman–Crippen MR) is 90.5 cm³/mol. The van der Waals surface area contributed by atoms with Gasteiger partial charge in [-0.05, 0) is 24.5 Å². The maximum absolute atomic E-state index is 12.3. The summed E-state index contributed by atoms with van der Waals surface area (Å²) in [6.45, 7) is 3.14. The lowest BCUT2D eigenvalue weighted by Gasteiger charge is -2.34. The molecule has 0 spiro atoms. The second kappa shape index (κ2) is 6.86. The molecule has 2 atom stereocenters. The second-order valence-electron chi connectivity index (χ2n) is 6.44. The van der Waals surface area contributed by atoms with Gasteiger partial charge in [0.25, 0.3) is 0 Å². The number of carboxylic acids is 1. The number of likely N-dealkylation sites (tertiary alicyclic amines) is 1. The molecule has 1 aromatic heterocycles. The monoisotopic (exact) mass is 327 g/mol. The third-order valence-corrected chi connectivity index (χ3v) is 4.37. The van der Waals surface area contributed by atoms with Gasteiger partial charge in [0.1, 0.15) is 0 Å². The molecule has 0 bridgehead atoms. The molecular formula is C18H21N3O3. The number of nitrogens with one attached hydrogen (secondary N) is 1. The average molecular weight is 327 g/mol. The van der Waals surface area contributed by atoms with Gasteiger partial charge in [0.05, 0.1) is 23.7 Å². The Hall–Kier alpha value is -2.63. The first-order valence-corrected chi connectivity index (χ1v) is 8.13. The molecule has 1 aliphatic heterocycles. The third-order valence-electron chi connectivity index (χ3n) is 4.37. The quantitative estimate of drug-likeness (QED) is 0.907. The summed E-state index contributed by atoms with van der Waals surface area (Å²) in [5.41, 5.74) is 1.67. The topological polar surface area (TPSA) is 82.5 Å². The summed E-state index contributed by atoms with van der Waals surface area (Å²) in [7, 11) is 0. The van der Waals surface area contributed by atoms with Crippen LogP contribution < -0.4 is 5.32 Å². The SMILES string of the molecule is CC1CC(C(=O)O)CN(C(=O)NCc2ccc3ccccc3n2)C1. The van der Waals surface area contributed by atoms with Crippen molar-refractivity contribution in [1.82, 2.24) is 15.2 Å². The molecule has 6 heteroatoms. The Morgan fingerprint density at radius 1 is 1.25 bits per heavy atom. The molecular weight excluding hydrogens is 306 g/mol. The number of rotatable bonds is 3. The van der Waals surface area contributed by atoms with Gasteiger partial charge >= 0.3 is 12.0 Å². The van der Waals surface area contributed by atoms with E-state index in [4.69, 9.17) is 0 Å². The summed E-state index contributed by atoms with van der Waals surface area (Å²) in [5.74, 6) is -1.14. The number of hydrogen-bond donors (Lipinski definition) is 2. The fraction of sp³-hybridized carbons (Fsp3) is 0.389. The number of para-hydroxylation sites is 1. The number of hydrogen-bond acceptors (Lipinski definition) is 3. The minimum Gasteiger partial charge on any atom is -0.481 e. The summed E-state index contributed by atoms with van der Waals surface area (Å²) >= 11 is 0. The van der Waals surface area contributed by atoms with Crippen molar-refractivity contribution in [2.45, 2.75) is 19.9 Å². The molecule has 1 fully saturated rings. The lowest BCUT2D eigenvalue weighted by atomic mass is 9.91. The number of carbonyl (C=O) groups excluding carboxylic acids is 1. The molecule has 1 aliphatic rings. The zero-order chi connectivity index (χ0) is 17.1. The highest BCUT2D eigenvalue weighted by atomic mass is 16.4. The van der Waals surface area contributed by atoms with Crippen molar-refractivity contribution in [2.24, 2.45) is 11.8 Å². The summed E-state index contributed by atoms with van der Waals surface area (Å²) in [5, 5.41) is 13.1. The number of pyridine rings is 1. The lowest BCUT2D eigenvalue weighted by Crippen LogP contribution is -2.49. The van der Waals surface area contributed by atoms with Gasteiger partial charge in [-0.25, -0.2) is 4.79 Å². The molecule has 2 amide bonds. The van der Waals surface area contributed by atoms with Crippen LogP contribution in [0.15, 0.2) is 36.4 Å². The lowest BCUT2D eigenvalue weighted by molar-refractivity contribution is -0.143. The van der Waals surface area contributed by atoms with E-state index < -0.39 is 11.9 Å². The Kier molecular flexibility index (Phi) is 4.64. The molecule has 0 aliphatic carbocycles. The van der Waals surface area contributed by atoms with Crippen molar-refractivity contribution in [2.75, 3.05) is 13.1 Å². The first kappa shape index (κ1) is 16.2. The molecule has 2 aromatic rings. The Morgan fingerprint density at radius 2 is 2.04 bits per heavy atom. The number of benzene rings is 1. The first-order valence-electron chi connectivity index (χ1n) is 8.13. The fourth-order valence-electron chi connectivity index (χ4n) is 3.18.